The summed E-state index contributed by atoms with van der Waals surface area (Å²) in [6.07, 6.45) is 5.30. The largest absolute Gasteiger partial charge is 0.471 e. The van der Waals surface area contributed by atoms with Crippen LogP contribution in [0, 0.1) is 13.8 Å². The lowest BCUT2D eigenvalue weighted by Gasteiger charge is -2.06. The Bertz CT molecular complexity index is 596. The molecular formula is C15H21N3OS. The van der Waals surface area contributed by atoms with E-state index in [0.717, 1.165) is 22.8 Å². The van der Waals surface area contributed by atoms with Gasteiger partial charge in [0, 0.05) is 23.9 Å². The monoisotopic (exact) mass is 291 g/mol. The van der Waals surface area contributed by atoms with Crippen molar-refractivity contribution >= 4 is 11.3 Å². The molecule has 2 aromatic rings. The van der Waals surface area contributed by atoms with Gasteiger partial charge in [0.25, 0.3) is 0 Å². The average Bonchev–Trinajstić information content (AvgIpc) is 3.12. The zero-order valence-electron chi connectivity index (χ0n) is 12.3. The van der Waals surface area contributed by atoms with Gasteiger partial charge in [0.15, 0.2) is 0 Å². The van der Waals surface area contributed by atoms with Gasteiger partial charge in [-0.25, -0.2) is 9.67 Å². The van der Waals surface area contributed by atoms with Crippen LogP contribution >= 0.6 is 11.3 Å². The summed E-state index contributed by atoms with van der Waals surface area (Å²) in [6, 6.07) is 0. The summed E-state index contributed by atoms with van der Waals surface area (Å²) >= 11 is 1.78. The highest BCUT2D eigenvalue weighted by molar-refractivity contribution is 7.09. The normalized spacial score (nSPS) is 15.9. The van der Waals surface area contributed by atoms with E-state index in [0.29, 0.717) is 12.5 Å². The van der Waals surface area contributed by atoms with Crippen LogP contribution < -0.4 is 4.74 Å². The maximum absolute atomic E-state index is 5.90. The molecule has 0 atom stereocenters. The van der Waals surface area contributed by atoms with Gasteiger partial charge in [-0.1, -0.05) is 12.8 Å². The van der Waals surface area contributed by atoms with E-state index in [1.165, 1.54) is 30.7 Å². The number of hydrogen-bond donors (Lipinski definition) is 0. The summed E-state index contributed by atoms with van der Waals surface area (Å²) in [5, 5.41) is 7.79. The quantitative estimate of drug-likeness (QED) is 0.861. The zero-order valence-corrected chi connectivity index (χ0v) is 13.2. The molecule has 0 spiro atoms. The average molecular weight is 291 g/mol. The SMILES string of the molecule is Cc1nn(C)c(OCc2csc(C3CCCC3)n2)c1C. The lowest BCUT2D eigenvalue weighted by Crippen LogP contribution is -2.02. The van der Waals surface area contributed by atoms with Gasteiger partial charge < -0.3 is 4.74 Å². The molecule has 3 rings (SSSR count). The molecule has 0 aromatic carbocycles. The molecule has 0 bridgehead atoms. The maximum Gasteiger partial charge on any atom is 0.215 e. The second-order valence-corrected chi connectivity index (χ2v) is 6.48. The van der Waals surface area contributed by atoms with Gasteiger partial charge in [0.05, 0.1) is 16.4 Å². The lowest BCUT2D eigenvalue weighted by atomic mass is 10.1. The molecule has 0 unspecified atom stereocenters. The van der Waals surface area contributed by atoms with Crippen molar-refractivity contribution in [3.05, 3.63) is 27.3 Å². The van der Waals surface area contributed by atoms with Crippen LogP contribution in [-0.2, 0) is 13.7 Å². The Hall–Kier alpha value is -1.36. The summed E-state index contributed by atoms with van der Waals surface area (Å²) in [4.78, 5) is 4.74. The number of nitrogens with zero attached hydrogens (tertiary/aromatic N) is 3. The molecule has 0 radical (unpaired) electrons. The third-order valence-corrected chi connectivity index (χ3v) is 5.14. The van der Waals surface area contributed by atoms with Crippen LogP contribution in [-0.4, -0.2) is 14.8 Å². The lowest BCUT2D eigenvalue weighted by molar-refractivity contribution is 0.273. The number of thiazole rings is 1. The Morgan fingerprint density at radius 3 is 2.75 bits per heavy atom. The predicted molar refractivity (Wildman–Crippen MR) is 80.3 cm³/mol. The molecule has 1 aliphatic rings. The van der Waals surface area contributed by atoms with Crippen LogP contribution in [0.15, 0.2) is 5.38 Å². The maximum atomic E-state index is 5.90. The number of ether oxygens (including phenoxy) is 1. The molecule has 0 N–H and O–H groups in total. The van der Waals surface area contributed by atoms with E-state index in [9.17, 15) is 0 Å². The Labute approximate surface area is 123 Å². The number of hydrogen-bond acceptors (Lipinski definition) is 4. The second-order valence-electron chi connectivity index (χ2n) is 5.59. The van der Waals surface area contributed by atoms with E-state index in [4.69, 9.17) is 9.72 Å². The van der Waals surface area contributed by atoms with Crippen molar-refractivity contribution in [1.82, 2.24) is 14.8 Å². The van der Waals surface area contributed by atoms with Crippen LogP contribution in [0.1, 0.15) is 53.6 Å². The van der Waals surface area contributed by atoms with Gasteiger partial charge in [-0.3, -0.25) is 0 Å². The smallest absolute Gasteiger partial charge is 0.215 e. The number of aryl methyl sites for hydroxylation is 2. The van der Waals surface area contributed by atoms with Crippen molar-refractivity contribution in [2.75, 3.05) is 0 Å². The van der Waals surface area contributed by atoms with E-state index >= 15 is 0 Å². The Balaban J connectivity index is 1.66. The van der Waals surface area contributed by atoms with E-state index in [2.05, 4.69) is 10.5 Å². The van der Waals surface area contributed by atoms with E-state index < -0.39 is 0 Å². The molecular weight excluding hydrogens is 270 g/mol. The third kappa shape index (κ3) is 2.59. The van der Waals surface area contributed by atoms with Crippen LogP contribution in [0.3, 0.4) is 0 Å². The first-order chi connectivity index (χ1) is 9.65. The Morgan fingerprint density at radius 1 is 1.35 bits per heavy atom. The highest BCUT2D eigenvalue weighted by Gasteiger charge is 2.20. The molecule has 0 aliphatic heterocycles. The van der Waals surface area contributed by atoms with Crippen LogP contribution in [0.4, 0.5) is 0 Å². The van der Waals surface area contributed by atoms with Crippen molar-refractivity contribution in [2.24, 2.45) is 7.05 Å². The van der Waals surface area contributed by atoms with Crippen molar-refractivity contribution in [3.63, 3.8) is 0 Å². The molecule has 2 heterocycles. The minimum atomic E-state index is 0.531. The first kappa shape index (κ1) is 13.6. The Kier molecular flexibility index (Phi) is 3.78. The van der Waals surface area contributed by atoms with Gasteiger partial charge in [-0.05, 0) is 26.7 Å². The molecule has 108 valence electrons. The Morgan fingerprint density at radius 2 is 2.10 bits per heavy atom. The summed E-state index contributed by atoms with van der Waals surface area (Å²) in [5.41, 5.74) is 3.17. The van der Waals surface area contributed by atoms with Gasteiger partial charge in [0.2, 0.25) is 5.88 Å². The fourth-order valence-electron chi connectivity index (χ4n) is 2.84. The molecule has 5 heteroatoms. The summed E-state index contributed by atoms with van der Waals surface area (Å²) in [5.74, 6) is 1.53. The van der Waals surface area contributed by atoms with Crippen molar-refractivity contribution in [1.29, 1.82) is 0 Å². The molecule has 1 fully saturated rings. The fourth-order valence-corrected chi connectivity index (χ4v) is 3.81. The van der Waals surface area contributed by atoms with Crippen LogP contribution in [0.5, 0.6) is 5.88 Å². The molecule has 20 heavy (non-hydrogen) atoms. The third-order valence-electron chi connectivity index (χ3n) is 4.09. The second kappa shape index (κ2) is 5.56. The molecule has 4 nitrogen and oxygen atoms in total. The molecule has 0 saturated heterocycles. The molecule has 1 saturated carbocycles. The molecule has 0 amide bonds. The minimum Gasteiger partial charge on any atom is -0.471 e. The van der Waals surface area contributed by atoms with E-state index in [1.807, 2.05) is 20.9 Å². The minimum absolute atomic E-state index is 0.531. The van der Waals surface area contributed by atoms with Crippen LogP contribution in [0.2, 0.25) is 0 Å². The van der Waals surface area contributed by atoms with Crippen molar-refractivity contribution in [2.45, 2.75) is 52.1 Å². The molecule has 2 aromatic heterocycles. The van der Waals surface area contributed by atoms with Gasteiger partial charge in [-0.15, -0.1) is 11.3 Å². The highest BCUT2D eigenvalue weighted by Crippen LogP contribution is 2.35. The summed E-state index contributed by atoms with van der Waals surface area (Å²) in [6.45, 7) is 4.58. The topological polar surface area (TPSA) is 39.9 Å². The van der Waals surface area contributed by atoms with E-state index in [1.54, 1.807) is 16.0 Å². The standard InChI is InChI=1S/C15H21N3OS/c1-10-11(2)17-18(3)15(10)19-8-13-9-20-14(16-13)12-6-4-5-7-12/h9,12H,4-8H2,1-3H3. The summed E-state index contributed by atoms with van der Waals surface area (Å²) < 4.78 is 7.70. The van der Waals surface area contributed by atoms with Crippen molar-refractivity contribution < 1.29 is 4.74 Å². The summed E-state index contributed by atoms with van der Waals surface area (Å²) in [7, 11) is 1.92. The predicted octanol–water partition coefficient (Wildman–Crippen LogP) is 3.73. The van der Waals surface area contributed by atoms with Crippen LogP contribution in [0.25, 0.3) is 0 Å². The van der Waals surface area contributed by atoms with Gasteiger partial charge in [0.1, 0.15) is 6.61 Å². The van der Waals surface area contributed by atoms with Gasteiger partial charge >= 0.3 is 0 Å². The first-order valence-electron chi connectivity index (χ1n) is 7.22. The highest BCUT2D eigenvalue weighted by atomic mass is 32.1. The van der Waals surface area contributed by atoms with Crippen molar-refractivity contribution in [3.8, 4) is 5.88 Å². The van der Waals surface area contributed by atoms with Gasteiger partial charge in [-0.2, -0.15) is 5.10 Å². The van der Waals surface area contributed by atoms with E-state index in [-0.39, 0.29) is 0 Å². The zero-order chi connectivity index (χ0) is 14.1. The number of aromatic nitrogens is 3. The number of rotatable bonds is 4. The first-order valence-corrected chi connectivity index (χ1v) is 8.10. The fraction of sp³-hybridized carbons (Fsp3) is 0.600. The molecule has 1 aliphatic carbocycles.